The number of rotatable bonds is 7. The number of carbonyl (C=O) groups excluding carboxylic acids is 1. The Kier molecular flexibility index (Phi) is 6.31. The number of furan rings is 1. The zero-order valence-electron chi connectivity index (χ0n) is 17.0. The van der Waals surface area contributed by atoms with Crippen LogP contribution in [-0.2, 0) is 6.54 Å². The van der Waals surface area contributed by atoms with Gasteiger partial charge in [0.05, 0.1) is 6.04 Å². The molecule has 148 valence electrons. The molecule has 0 spiro atoms. The first kappa shape index (κ1) is 19.9. The molecule has 0 aliphatic rings. The van der Waals surface area contributed by atoms with Crippen LogP contribution in [0.4, 0.5) is 4.79 Å². The van der Waals surface area contributed by atoms with E-state index in [1.807, 2.05) is 69.2 Å². The second-order valence-electron chi connectivity index (χ2n) is 7.34. The van der Waals surface area contributed by atoms with Gasteiger partial charge in [0.25, 0.3) is 0 Å². The van der Waals surface area contributed by atoms with Crippen molar-refractivity contribution >= 4 is 17.0 Å². The molecule has 0 aliphatic heterocycles. The number of nitrogens with zero attached hydrogens (tertiary/aromatic N) is 3. The van der Waals surface area contributed by atoms with Gasteiger partial charge in [0.1, 0.15) is 11.3 Å². The molecule has 0 aliphatic carbocycles. The summed E-state index contributed by atoms with van der Waals surface area (Å²) in [5.74, 6) is 0.795. The SMILES string of the molecule is Cc1c(C(C)NC(=O)N(CCN(C)C)Cc2cccnc2)oc2ccccc12. The van der Waals surface area contributed by atoms with E-state index in [1.54, 1.807) is 12.4 Å². The van der Waals surface area contributed by atoms with E-state index in [0.29, 0.717) is 13.1 Å². The molecule has 28 heavy (non-hydrogen) atoms. The number of fused-ring (bicyclic) bond motifs is 1. The third-order valence-corrected chi connectivity index (χ3v) is 4.81. The standard InChI is InChI=1S/C22H28N4O2/c1-16-19-9-5-6-10-20(19)28-21(16)17(2)24-22(27)26(13-12-25(3)4)15-18-8-7-11-23-14-18/h5-11,14,17H,12-13,15H2,1-4H3,(H,24,27). The molecule has 0 saturated heterocycles. The summed E-state index contributed by atoms with van der Waals surface area (Å²) in [5, 5.41) is 4.18. The van der Waals surface area contributed by atoms with Gasteiger partial charge < -0.3 is 19.5 Å². The lowest BCUT2D eigenvalue weighted by atomic mass is 10.1. The molecule has 0 fully saturated rings. The van der Waals surface area contributed by atoms with Crippen molar-refractivity contribution in [3.8, 4) is 0 Å². The van der Waals surface area contributed by atoms with Crippen molar-refractivity contribution in [2.75, 3.05) is 27.2 Å². The normalized spacial score (nSPS) is 12.3. The van der Waals surface area contributed by atoms with E-state index in [1.165, 1.54) is 0 Å². The fourth-order valence-electron chi connectivity index (χ4n) is 3.23. The lowest BCUT2D eigenvalue weighted by Crippen LogP contribution is -2.43. The highest BCUT2D eigenvalue weighted by atomic mass is 16.3. The number of hydrogen-bond donors (Lipinski definition) is 1. The Hall–Kier alpha value is -2.86. The highest BCUT2D eigenvalue weighted by molar-refractivity contribution is 5.82. The van der Waals surface area contributed by atoms with E-state index in [2.05, 4.69) is 15.2 Å². The number of aromatic nitrogens is 1. The van der Waals surface area contributed by atoms with Crippen LogP contribution in [0.3, 0.4) is 0 Å². The van der Waals surface area contributed by atoms with Crippen LogP contribution in [0.15, 0.2) is 53.2 Å². The number of likely N-dealkylation sites (N-methyl/N-ethyl adjacent to an activating group) is 1. The van der Waals surface area contributed by atoms with E-state index in [0.717, 1.165) is 34.4 Å². The quantitative estimate of drug-likeness (QED) is 0.674. The van der Waals surface area contributed by atoms with Gasteiger partial charge in [-0.3, -0.25) is 4.98 Å². The van der Waals surface area contributed by atoms with E-state index >= 15 is 0 Å². The van der Waals surface area contributed by atoms with Gasteiger partial charge in [0.2, 0.25) is 0 Å². The van der Waals surface area contributed by atoms with Gasteiger partial charge in [-0.15, -0.1) is 0 Å². The highest BCUT2D eigenvalue weighted by Gasteiger charge is 2.21. The van der Waals surface area contributed by atoms with Crippen molar-refractivity contribution in [1.29, 1.82) is 0 Å². The number of benzene rings is 1. The molecular weight excluding hydrogens is 352 g/mol. The summed E-state index contributed by atoms with van der Waals surface area (Å²) in [6.07, 6.45) is 3.53. The van der Waals surface area contributed by atoms with Gasteiger partial charge in [0.15, 0.2) is 0 Å². The summed E-state index contributed by atoms with van der Waals surface area (Å²) in [5.41, 5.74) is 2.91. The summed E-state index contributed by atoms with van der Waals surface area (Å²) in [6.45, 7) is 5.91. The molecule has 3 rings (SSSR count). The number of para-hydroxylation sites is 1. The maximum atomic E-state index is 13.0. The van der Waals surface area contributed by atoms with Crippen LogP contribution in [-0.4, -0.2) is 48.0 Å². The highest BCUT2D eigenvalue weighted by Crippen LogP contribution is 2.29. The molecule has 2 aromatic heterocycles. The number of urea groups is 1. The zero-order chi connectivity index (χ0) is 20.1. The first-order chi connectivity index (χ1) is 13.5. The Balaban J connectivity index is 1.74. The van der Waals surface area contributed by atoms with Crippen molar-refractivity contribution in [3.05, 3.63) is 65.7 Å². The summed E-state index contributed by atoms with van der Waals surface area (Å²) in [6, 6.07) is 11.5. The maximum Gasteiger partial charge on any atom is 0.318 e. The van der Waals surface area contributed by atoms with Gasteiger partial charge in [-0.25, -0.2) is 4.79 Å². The number of hydrogen-bond acceptors (Lipinski definition) is 4. The molecule has 3 aromatic rings. The molecule has 1 N–H and O–H groups in total. The smallest absolute Gasteiger partial charge is 0.318 e. The van der Waals surface area contributed by atoms with Crippen molar-refractivity contribution in [2.24, 2.45) is 0 Å². The molecule has 1 atom stereocenters. The number of carbonyl (C=O) groups is 1. The second-order valence-corrected chi connectivity index (χ2v) is 7.34. The van der Waals surface area contributed by atoms with Crippen LogP contribution in [0.1, 0.15) is 29.9 Å². The second kappa shape index (κ2) is 8.89. The fraction of sp³-hybridized carbons (Fsp3) is 0.364. The van der Waals surface area contributed by atoms with Crippen LogP contribution >= 0.6 is 0 Å². The van der Waals surface area contributed by atoms with Crippen LogP contribution in [0, 0.1) is 6.92 Å². The third kappa shape index (κ3) is 4.70. The number of nitrogens with one attached hydrogen (secondary N) is 1. The zero-order valence-corrected chi connectivity index (χ0v) is 17.0. The van der Waals surface area contributed by atoms with Crippen molar-refractivity contribution < 1.29 is 9.21 Å². The molecule has 2 heterocycles. The van der Waals surface area contributed by atoms with E-state index in [-0.39, 0.29) is 12.1 Å². The van der Waals surface area contributed by atoms with Gasteiger partial charge in [0, 0.05) is 43.0 Å². The fourth-order valence-corrected chi connectivity index (χ4v) is 3.23. The Morgan fingerprint density at radius 1 is 1.18 bits per heavy atom. The molecule has 6 nitrogen and oxygen atoms in total. The van der Waals surface area contributed by atoms with Gasteiger partial charge >= 0.3 is 6.03 Å². The van der Waals surface area contributed by atoms with Gasteiger partial charge in [-0.2, -0.15) is 0 Å². The average Bonchev–Trinajstić information content (AvgIpc) is 3.03. The number of amides is 2. The minimum absolute atomic E-state index is 0.113. The topological polar surface area (TPSA) is 61.6 Å². The van der Waals surface area contributed by atoms with Gasteiger partial charge in [-0.1, -0.05) is 24.3 Å². The molecule has 0 saturated carbocycles. The average molecular weight is 380 g/mol. The summed E-state index contributed by atoms with van der Waals surface area (Å²) in [7, 11) is 4.00. The predicted molar refractivity (Wildman–Crippen MR) is 111 cm³/mol. The molecule has 0 radical (unpaired) electrons. The minimum atomic E-state index is -0.226. The predicted octanol–water partition coefficient (Wildman–Crippen LogP) is 3.97. The van der Waals surface area contributed by atoms with Gasteiger partial charge in [-0.05, 0) is 45.6 Å². The molecule has 1 aromatic carbocycles. The third-order valence-electron chi connectivity index (χ3n) is 4.81. The van der Waals surface area contributed by atoms with Crippen molar-refractivity contribution in [3.63, 3.8) is 0 Å². The Labute approximate surface area is 166 Å². The molecule has 6 heteroatoms. The van der Waals surface area contributed by atoms with E-state index in [4.69, 9.17) is 4.42 Å². The van der Waals surface area contributed by atoms with Crippen LogP contribution in [0.25, 0.3) is 11.0 Å². The molecule has 0 bridgehead atoms. The summed E-state index contributed by atoms with van der Waals surface area (Å²) < 4.78 is 6.01. The Morgan fingerprint density at radius 2 is 1.96 bits per heavy atom. The van der Waals surface area contributed by atoms with E-state index < -0.39 is 0 Å². The molecule has 1 unspecified atom stereocenters. The van der Waals surface area contributed by atoms with Crippen LogP contribution in [0.5, 0.6) is 0 Å². The monoisotopic (exact) mass is 380 g/mol. The number of pyridine rings is 1. The summed E-state index contributed by atoms with van der Waals surface area (Å²) >= 11 is 0. The first-order valence-electron chi connectivity index (χ1n) is 9.53. The van der Waals surface area contributed by atoms with Crippen LogP contribution < -0.4 is 5.32 Å². The Bertz CT molecular complexity index is 921. The lowest BCUT2D eigenvalue weighted by Gasteiger charge is -2.26. The van der Waals surface area contributed by atoms with Crippen molar-refractivity contribution in [2.45, 2.75) is 26.4 Å². The molecular formula is C22H28N4O2. The van der Waals surface area contributed by atoms with E-state index in [9.17, 15) is 4.79 Å². The molecule has 2 amide bonds. The first-order valence-corrected chi connectivity index (χ1v) is 9.53. The maximum absolute atomic E-state index is 13.0. The minimum Gasteiger partial charge on any atom is -0.459 e. The Morgan fingerprint density at radius 3 is 2.64 bits per heavy atom. The largest absolute Gasteiger partial charge is 0.459 e. The number of aryl methyl sites for hydroxylation is 1. The van der Waals surface area contributed by atoms with Crippen molar-refractivity contribution in [1.82, 2.24) is 20.1 Å². The summed E-state index contributed by atoms with van der Waals surface area (Å²) in [4.78, 5) is 21.0. The van der Waals surface area contributed by atoms with Crippen LogP contribution in [0.2, 0.25) is 0 Å². The lowest BCUT2D eigenvalue weighted by molar-refractivity contribution is 0.184.